The van der Waals surface area contributed by atoms with Crippen LogP contribution in [0.3, 0.4) is 0 Å². The highest BCUT2D eigenvalue weighted by atomic mass is 32.1. The van der Waals surface area contributed by atoms with Gasteiger partial charge in [0.25, 0.3) is 0 Å². The number of para-hydroxylation sites is 1. The van der Waals surface area contributed by atoms with Crippen LogP contribution in [0.25, 0.3) is 0 Å². The monoisotopic (exact) mass is 313 g/mol. The molecule has 22 heavy (non-hydrogen) atoms. The second-order valence-electron chi connectivity index (χ2n) is 5.79. The highest BCUT2D eigenvalue weighted by Gasteiger charge is 2.10. The number of benzene rings is 2. The van der Waals surface area contributed by atoms with Crippen molar-refractivity contribution in [3.8, 4) is 0 Å². The Balaban J connectivity index is 1.88. The molecule has 0 atom stereocenters. The van der Waals surface area contributed by atoms with Crippen molar-refractivity contribution in [2.75, 3.05) is 26.5 Å². The Morgan fingerprint density at radius 1 is 1.00 bits per heavy atom. The van der Waals surface area contributed by atoms with Crippen LogP contribution >= 0.6 is 12.2 Å². The minimum atomic E-state index is 0.463. The van der Waals surface area contributed by atoms with Crippen molar-refractivity contribution in [1.82, 2.24) is 9.91 Å². The Kier molecular flexibility index (Phi) is 5.25. The average molecular weight is 313 g/mol. The first-order chi connectivity index (χ1) is 10.4. The molecule has 0 aliphatic rings. The molecule has 0 aromatic heterocycles. The molecule has 0 aliphatic heterocycles. The molecule has 0 saturated heterocycles. The van der Waals surface area contributed by atoms with Gasteiger partial charge >= 0.3 is 0 Å². The molecule has 2 aromatic carbocycles. The molecule has 0 fully saturated rings. The maximum Gasteiger partial charge on any atom is 0.191 e. The molecule has 4 nitrogen and oxygen atoms in total. The molecule has 0 bridgehead atoms. The van der Waals surface area contributed by atoms with Gasteiger partial charge in [0.1, 0.15) is 5.69 Å². The van der Waals surface area contributed by atoms with E-state index in [1.165, 1.54) is 5.69 Å². The molecular weight excluding hydrogens is 292 g/mol. The van der Waals surface area contributed by atoms with Gasteiger partial charge in [0.2, 0.25) is 0 Å². The molecule has 0 spiro atoms. The summed E-state index contributed by atoms with van der Waals surface area (Å²) in [6, 6.07) is 18.0. The summed E-state index contributed by atoms with van der Waals surface area (Å²) in [5, 5.41) is 7.67. The fourth-order valence-electron chi connectivity index (χ4n) is 1.85. The van der Waals surface area contributed by atoms with Gasteiger partial charge in [-0.1, -0.05) is 18.2 Å². The van der Waals surface area contributed by atoms with E-state index in [0.717, 1.165) is 15.7 Å². The summed E-state index contributed by atoms with van der Waals surface area (Å²) in [7, 11) is 6.41. The van der Waals surface area contributed by atoms with Gasteiger partial charge in [-0.3, -0.25) is 9.91 Å². The fraction of sp³-hybridized carbons (Fsp3) is 0.176. The molecule has 0 amide bonds. The smallest absolute Gasteiger partial charge is 0.191 e. The van der Waals surface area contributed by atoms with Crippen LogP contribution in [0.4, 0.5) is 11.4 Å². The second-order valence-corrected chi connectivity index (χ2v) is 6.20. The molecule has 2 aromatic rings. The highest BCUT2D eigenvalue weighted by Crippen LogP contribution is 2.16. The summed E-state index contributed by atoms with van der Waals surface area (Å²) < 4.78 is 0.792. The lowest BCUT2D eigenvalue weighted by Gasteiger charge is -2.23. The molecular formula is C17H21N4S+. The van der Waals surface area contributed by atoms with E-state index in [4.69, 9.17) is 12.2 Å². The standard InChI is InChI=1S/C17H20N4S/c1-21(2,3)16-11-9-14(10-12-16)13-18-20-17(22)19-15-7-5-4-6-8-15/h4-13H,1-3H3,(H-,19,20,22)/p+1. The molecule has 2 N–H and O–H groups in total. The first kappa shape index (κ1) is 16.1. The zero-order valence-corrected chi connectivity index (χ0v) is 13.9. The number of rotatable bonds is 4. The number of nitrogens with one attached hydrogen (secondary N) is 2. The Labute approximate surface area is 137 Å². The third-order valence-corrected chi connectivity index (χ3v) is 3.27. The van der Waals surface area contributed by atoms with Crippen LogP contribution in [-0.4, -0.2) is 32.5 Å². The van der Waals surface area contributed by atoms with Crippen LogP contribution in [0.15, 0.2) is 59.7 Å². The maximum absolute atomic E-state index is 5.18. The largest absolute Gasteiger partial charge is 0.331 e. The van der Waals surface area contributed by atoms with Crippen LogP contribution in [0.2, 0.25) is 0 Å². The number of quaternary nitrogens is 1. The van der Waals surface area contributed by atoms with E-state index in [1.807, 2.05) is 42.5 Å². The van der Waals surface area contributed by atoms with Gasteiger partial charge in [0, 0.05) is 5.69 Å². The number of hydrogen-bond donors (Lipinski definition) is 2. The minimum Gasteiger partial charge on any atom is -0.331 e. The van der Waals surface area contributed by atoms with E-state index in [-0.39, 0.29) is 0 Å². The summed E-state index contributed by atoms with van der Waals surface area (Å²) in [6.45, 7) is 0. The van der Waals surface area contributed by atoms with Gasteiger partial charge < -0.3 is 5.32 Å². The van der Waals surface area contributed by atoms with E-state index >= 15 is 0 Å². The molecule has 0 unspecified atom stereocenters. The number of hydrazone groups is 1. The third kappa shape index (κ3) is 4.95. The normalized spacial score (nSPS) is 11.4. The van der Waals surface area contributed by atoms with E-state index in [1.54, 1.807) is 6.21 Å². The molecule has 0 aliphatic carbocycles. The summed E-state index contributed by atoms with van der Waals surface area (Å²) in [5.74, 6) is 0. The maximum atomic E-state index is 5.18. The summed E-state index contributed by atoms with van der Waals surface area (Å²) in [4.78, 5) is 0. The van der Waals surface area contributed by atoms with E-state index in [0.29, 0.717) is 5.11 Å². The lowest BCUT2D eigenvalue weighted by molar-refractivity contribution is 0.486. The fourth-order valence-corrected chi connectivity index (χ4v) is 2.02. The Morgan fingerprint density at radius 2 is 1.64 bits per heavy atom. The molecule has 5 heteroatoms. The molecule has 0 radical (unpaired) electrons. The summed E-state index contributed by atoms with van der Waals surface area (Å²) in [6.07, 6.45) is 1.75. The van der Waals surface area contributed by atoms with Gasteiger partial charge in [-0.25, -0.2) is 0 Å². The van der Waals surface area contributed by atoms with E-state index in [9.17, 15) is 0 Å². The summed E-state index contributed by atoms with van der Waals surface area (Å²) in [5.41, 5.74) is 6.01. The zero-order chi connectivity index (χ0) is 16.0. The van der Waals surface area contributed by atoms with Gasteiger partial charge in [0.05, 0.1) is 27.4 Å². The predicted octanol–water partition coefficient (Wildman–Crippen LogP) is 3.20. The van der Waals surface area contributed by atoms with Crippen molar-refractivity contribution in [2.45, 2.75) is 0 Å². The number of anilines is 1. The van der Waals surface area contributed by atoms with Gasteiger partial charge in [0.15, 0.2) is 5.11 Å². The average Bonchev–Trinajstić information content (AvgIpc) is 2.48. The topological polar surface area (TPSA) is 36.4 Å². The van der Waals surface area contributed by atoms with Crippen molar-refractivity contribution < 1.29 is 0 Å². The van der Waals surface area contributed by atoms with E-state index in [2.05, 4.69) is 49.1 Å². The van der Waals surface area contributed by atoms with E-state index < -0.39 is 0 Å². The first-order valence-corrected chi connectivity index (χ1v) is 7.43. The quantitative estimate of drug-likeness (QED) is 0.394. The number of thiocarbonyl (C=S) groups is 1. The van der Waals surface area contributed by atoms with Crippen LogP contribution in [-0.2, 0) is 0 Å². The first-order valence-electron chi connectivity index (χ1n) is 7.02. The van der Waals surface area contributed by atoms with Gasteiger partial charge in [-0.15, -0.1) is 0 Å². The second kappa shape index (κ2) is 7.15. The van der Waals surface area contributed by atoms with Crippen LogP contribution < -0.4 is 15.2 Å². The lowest BCUT2D eigenvalue weighted by atomic mass is 10.2. The van der Waals surface area contributed by atoms with Crippen LogP contribution in [0.1, 0.15) is 5.56 Å². The van der Waals surface area contributed by atoms with Crippen LogP contribution in [0, 0.1) is 0 Å². The molecule has 2 rings (SSSR count). The zero-order valence-electron chi connectivity index (χ0n) is 13.1. The Bertz CT molecular complexity index is 643. The molecule has 0 saturated carbocycles. The number of hydrogen-bond acceptors (Lipinski definition) is 2. The van der Waals surface area contributed by atoms with Crippen molar-refractivity contribution in [2.24, 2.45) is 5.10 Å². The molecule has 0 heterocycles. The molecule has 114 valence electrons. The Hall–Kier alpha value is -2.24. The van der Waals surface area contributed by atoms with Crippen molar-refractivity contribution in [1.29, 1.82) is 0 Å². The third-order valence-electron chi connectivity index (χ3n) is 3.08. The van der Waals surface area contributed by atoms with Gasteiger partial charge in [-0.05, 0) is 54.2 Å². The van der Waals surface area contributed by atoms with Crippen molar-refractivity contribution in [3.05, 3.63) is 60.2 Å². The lowest BCUT2D eigenvalue weighted by Crippen LogP contribution is -2.34. The SMILES string of the molecule is C[N+](C)(C)c1ccc(C=NNC(=S)Nc2ccccc2)cc1. The minimum absolute atomic E-state index is 0.463. The summed E-state index contributed by atoms with van der Waals surface area (Å²) >= 11 is 5.18. The van der Waals surface area contributed by atoms with Crippen molar-refractivity contribution >= 4 is 34.9 Å². The van der Waals surface area contributed by atoms with Crippen molar-refractivity contribution in [3.63, 3.8) is 0 Å². The Morgan fingerprint density at radius 3 is 2.23 bits per heavy atom. The van der Waals surface area contributed by atoms with Crippen LogP contribution in [0.5, 0.6) is 0 Å². The highest BCUT2D eigenvalue weighted by molar-refractivity contribution is 7.80. The predicted molar refractivity (Wildman–Crippen MR) is 99.4 cm³/mol. The van der Waals surface area contributed by atoms with Gasteiger partial charge in [-0.2, -0.15) is 5.10 Å². The number of nitrogens with zero attached hydrogens (tertiary/aromatic N) is 2.